The standard InChI is InChI=1S/C21H16F4N2O3/c1-27(20(29)21(24,25)11-5-3-2-4-6-11)17-10-30-9-16-18(17)12-7-14(22)15(23)8-13(12)19(28)26-16/h2-8,17H,9-10H2,1H3,(H,26,28). The Bertz CT molecular complexity index is 1190. The number of aromatic amines is 1. The second-order valence-corrected chi connectivity index (χ2v) is 7.05. The van der Waals surface area contributed by atoms with Crippen molar-refractivity contribution >= 4 is 16.7 Å². The molecule has 0 radical (unpaired) electrons. The van der Waals surface area contributed by atoms with Crippen molar-refractivity contribution in [2.45, 2.75) is 18.6 Å². The lowest BCUT2D eigenvalue weighted by molar-refractivity contribution is -0.162. The van der Waals surface area contributed by atoms with Crippen LogP contribution in [0.1, 0.15) is 22.9 Å². The van der Waals surface area contributed by atoms with E-state index >= 15 is 0 Å². The van der Waals surface area contributed by atoms with Crippen LogP contribution in [0.2, 0.25) is 0 Å². The maximum atomic E-state index is 14.8. The number of pyridine rings is 1. The van der Waals surface area contributed by atoms with Gasteiger partial charge in [-0.2, -0.15) is 8.78 Å². The summed E-state index contributed by atoms with van der Waals surface area (Å²) in [4.78, 5) is 28.3. The molecule has 0 saturated carbocycles. The number of ether oxygens (including phenoxy) is 1. The summed E-state index contributed by atoms with van der Waals surface area (Å²) in [6.45, 7) is -0.215. The van der Waals surface area contributed by atoms with Gasteiger partial charge >= 0.3 is 5.92 Å². The first-order valence-corrected chi connectivity index (χ1v) is 9.04. The average molecular weight is 420 g/mol. The second kappa shape index (κ2) is 7.24. The van der Waals surface area contributed by atoms with E-state index in [1.807, 2.05) is 0 Å². The highest BCUT2D eigenvalue weighted by Gasteiger charge is 2.45. The van der Waals surface area contributed by atoms with Gasteiger partial charge in [-0.05, 0) is 17.5 Å². The lowest BCUT2D eigenvalue weighted by atomic mass is 9.94. The molecule has 1 atom stereocenters. The number of rotatable bonds is 3. The number of carbonyl (C=O) groups excluding carboxylic acids is 1. The van der Waals surface area contributed by atoms with E-state index in [0.29, 0.717) is 0 Å². The normalized spacial score (nSPS) is 16.4. The summed E-state index contributed by atoms with van der Waals surface area (Å²) in [7, 11) is 1.18. The van der Waals surface area contributed by atoms with Gasteiger partial charge in [0.15, 0.2) is 11.6 Å². The summed E-state index contributed by atoms with van der Waals surface area (Å²) >= 11 is 0. The first-order valence-electron chi connectivity index (χ1n) is 9.04. The molecule has 0 fully saturated rings. The largest absolute Gasteiger partial charge is 0.373 e. The summed E-state index contributed by atoms with van der Waals surface area (Å²) in [6.07, 6.45) is 0. The molecule has 1 amide bonds. The van der Waals surface area contributed by atoms with Gasteiger partial charge in [0.2, 0.25) is 0 Å². The first kappa shape index (κ1) is 20.1. The average Bonchev–Trinajstić information content (AvgIpc) is 2.74. The van der Waals surface area contributed by atoms with Gasteiger partial charge < -0.3 is 14.6 Å². The van der Waals surface area contributed by atoms with Crippen LogP contribution in [0, 0.1) is 11.6 Å². The van der Waals surface area contributed by atoms with Crippen LogP contribution in [-0.4, -0.2) is 29.4 Å². The number of likely N-dealkylation sites (N-methyl/N-ethyl adjacent to an activating group) is 1. The highest BCUT2D eigenvalue weighted by atomic mass is 19.3. The summed E-state index contributed by atoms with van der Waals surface area (Å²) in [6, 6.07) is 7.16. The number of benzene rings is 2. The Morgan fingerprint density at radius 2 is 1.77 bits per heavy atom. The van der Waals surface area contributed by atoms with Gasteiger partial charge in [-0.15, -0.1) is 0 Å². The Labute approximate surface area is 167 Å². The van der Waals surface area contributed by atoms with Crippen molar-refractivity contribution in [2.24, 2.45) is 0 Å². The molecule has 5 nitrogen and oxygen atoms in total. The van der Waals surface area contributed by atoms with Crippen molar-refractivity contribution < 1.29 is 27.1 Å². The monoisotopic (exact) mass is 420 g/mol. The third-order valence-corrected chi connectivity index (χ3v) is 5.23. The molecule has 1 aliphatic heterocycles. The molecule has 0 spiro atoms. The van der Waals surface area contributed by atoms with Crippen molar-refractivity contribution in [1.82, 2.24) is 9.88 Å². The topological polar surface area (TPSA) is 62.4 Å². The quantitative estimate of drug-likeness (QED) is 0.659. The van der Waals surface area contributed by atoms with Crippen LogP contribution in [-0.2, 0) is 22.1 Å². The lowest BCUT2D eigenvalue weighted by Gasteiger charge is -2.35. The van der Waals surface area contributed by atoms with E-state index in [-0.39, 0.29) is 35.2 Å². The molecule has 9 heteroatoms. The summed E-state index contributed by atoms with van der Waals surface area (Å²) in [5.41, 5.74) is -0.680. The van der Waals surface area contributed by atoms with Crippen LogP contribution in [0.5, 0.6) is 0 Å². The zero-order chi connectivity index (χ0) is 21.6. The van der Waals surface area contributed by atoms with E-state index in [0.717, 1.165) is 29.2 Å². The molecule has 0 saturated heterocycles. The lowest BCUT2D eigenvalue weighted by Crippen LogP contribution is -2.44. The fourth-order valence-corrected chi connectivity index (χ4v) is 3.68. The van der Waals surface area contributed by atoms with Crippen LogP contribution < -0.4 is 5.56 Å². The molecule has 30 heavy (non-hydrogen) atoms. The molecule has 1 aromatic heterocycles. The minimum atomic E-state index is -3.82. The molecule has 2 aromatic carbocycles. The molecule has 156 valence electrons. The molecule has 1 N–H and O–H groups in total. The van der Waals surface area contributed by atoms with Crippen LogP contribution in [0.25, 0.3) is 10.8 Å². The van der Waals surface area contributed by atoms with E-state index < -0.39 is 40.6 Å². The maximum absolute atomic E-state index is 14.8. The van der Waals surface area contributed by atoms with Crippen molar-refractivity contribution in [1.29, 1.82) is 0 Å². The van der Waals surface area contributed by atoms with Crippen LogP contribution in [0.15, 0.2) is 47.3 Å². The van der Waals surface area contributed by atoms with Gasteiger partial charge in [0, 0.05) is 23.9 Å². The van der Waals surface area contributed by atoms with E-state index in [1.54, 1.807) is 6.07 Å². The molecule has 1 aliphatic rings. The number of amides is 1. The third kappa shape index (κ3) is 3.15. The van der Waals surface area contributed by atoms with Crippen molar-refractivity contribution in [2.75, 3.05) is 13.7 Å². The van der Waals surface area contributed by atoms with Gasteiger partial charge in [0.05, 0.1) is 24.6 Å². The zero-order valence-corrected chi connectivity index (χ0v) is 15.7. The highest BCUT2D eigenvalue weighted by Crippen LogP contribution is 2.37. The fourth-order valence-electron chi connectivity index (χ4n) is 3.68. The number of nitrogens with one attached hydrogen (secondary N) is 1. The Balaban J connectivity index is 1.83. The third-order valence-electron chi connectivity index (χ3n) is 5.23. The fraction of sp³-hybridized carbons (Fsp3) is 0.238. The molecular formula is C21H16F4N2O3. The molecule has 0 aliphatic carbocycles. The SMILES string of the molecule is CN(C(=O)C(F)(F)c1ccccc1)C1COCc2[nH]c(=O)c3cc(F)c(F)cc3c21. The van der Waals surface area contributed by atoms with Crippen LogP contribution in [0.3, 0.4) is 0 Å². The van der Waals surface area contributed by atoms with E-state index in [9.17, 15) is 27.2 Å². The second-order valence-electron chi connectivity index (χ2n) is 7.05. The Kier molecular flexibility index (Phi) is 4.85. The first-order chi connectivity index (χ1) is 14.2. The van der Waals surface area contributed by atoms with Crippen molar-refractivity contribution in [3.05, 3.63) is 81.3 Å². The molecule has 1 unspecified atom stereocenters. The van der Waals surface area contributed by atoms with Crippen LogP contribution >= 0.6 is 0 Å². The number of carbonyl (C=O) groups is 1. The summed E-state index contributed by atoms with van der Waals surface area (Å²) in [5, 5.41) is -0.0983. The van der Waals surface area contributed by atoms with Gasteiger partial charge in [0.1, 0.15) is 0 Å². The predicted molar refractivity (Wildman–Crippen MR) is 100.0 cm³/mol. The van der Waals surface area contributed by atoms with Gasteiger partial charge in [-0.1, -0.05) is 30.3 Å². The summed E-state index contributed by atoms with van der Waals surface area (Å²) < 4.78 is 62.6. The summed E-state index contributed by atoms with van der Waals surface area (Å²) in [5.74, 6) is -7.71. The number of hydrogen-bond acceptors (Lipinski definition) is 3. The minimum Gasteiger partial charge on any atom is -0.373 e. The van der Waals surface area contributed by atoms with Crippen molar-refractivity contribution in [3.8, 4) is 0 Å². The van der Waals surface area contributed by atoms with Gasteiger partial charge in [-0.25, -0.2) is 8.78 Å². The molecular weight excluding hydrogens is 404 g/mol. The number of halogens is 4. The number of alkyl halides is 2. The van der Waals surface area contributed by atoms with E-state index in [4.69, 9.17) is 4.74 Å². The van der Waals surface area contributed by atoms with Gasteiger partial charge in [0.25, 0.3) is 11.5 Å². The number of H-pyrrole nitrogens is 1. The molecule has 4 rings (SSSR count). The number of nitrogens with zero attached hydrogens (tertiary/aromatic N) is 1. The molecule has 3 aromatic rings. The Morgan fingerprint density at radius 3 is 2.43 bits per heavy atom. The van der Waals surface area contributed by atoms with Gasteiger partial charge in [-0.3, -0.25) is 9.59 Å². The van der Waals surface area contributed by atoms with E-state index in [1.165, 1.54) is 19.2 Å². The minimum absolute atomic E-state index is 0.0450. The van der Waals surface area contributed by atoms with Crippen molar-refractivity contribution in [3.63, 3.8) is 0 Å². The predicted octanol–water partition coefficient (Wildman–Crippen LogP) is 3.63. The smallest absolute Gasteiger partial charge is 0.349 e. The number of aromatic nitrogens is 1. The molecule has 0 bridgehead atoms. The van der Waals surface area contributed by atoms with E-state index in [2.05, 4.69) is 4.98 Å². The molecule has 2 heterocycles. The zero-order valence-electron chi connectivity index (χ0n) is 15.7. The Morgan fingerprint density at radius 1 is 1.13 bits per heavy atom. The maximum Gasteiger partial charge on any atom is 0.349 e. The Hall–Kier alpha value is -3.20. The highest BCUT2D eigenvalue weighted by molar-refractivity contribution is 5.89. The van der Waals surface area contributed by atoms with Crippen LogP contribution in [0.4, 0.5) is 17.6 Å². The number of fused-ring (bicyclic) bond motifs is 3. The number of hydrogen-bond donors (Lipinski definition) is 1.